The summed E-state index contributed by atoms with van der Waals surface area (Å²) in [6, 6.07) is 5.93. The molecule has 0 aliphatic carbocycles. The van der Waals surface area contributed by atoms with Crippen molar-refractivity contribution in [1.82, 2.24) is 4.90 Å². The van der Waals surface area contributed by atoms with E-state index in [2.05, 4.69) is 0 Å². The Balaban J connectivity index is 2.01. The summed E-state index contributed by atoms with van der Waals surface area (Å²) >= 11 is 0. The number of carbonyl (C=O) groups is 1. The highest BCUT2D eigenvalue weighted by Gasteiger charge is 2.27. The van der Waals surface area contributed by atoms with Crippen molar-refractivity contribution in [3.63, 3.8) is 0 Å². The normalized spacial score (nSPS) is 16.3. The van der Waals surface area contributed by atoms with Crippen LogP contribution < -0.4 is 5.73 Å². The van der Waals surface area contributed by atoms with E-state index < -0.39 is 5.60 Å². The Labute approximate surface area is 138 Å². The number of anilines is 1. The lowest BCUT2D eigenvalue weighted by atomic mass is 9.88. The number of ether oxygens (including phenoxy) is 1. The number of hydrogen-bond acceptors (Lipinski definition) is 4. The smallest absolute Gasteiger partial charge is 0.410 e. The lowest BCUT2D eigenvalue weighted by molar-refractivity contribution is 0.0205. The Kier molecular flexibility index (Phi) is 4.97. The number of nitrogens with one attached hydrogen (secondary N) is 1. The zero-order chi connectivity index (χ0) is 17.2. The molecule has 126 valence electrons. The van der Waals surface area contributed by atoms with E-state index in [-0.39, 0.29) is 6.09 Å². The molecule has 1 amide bonds. The van der Waals surface area contributed by atoms with Gasteiger partial charge in [-0.25, -0.2) is 4.79 Å². The number of rotatable bonds is 2. The predicted molar refractivity (Wildman–Crippen MR) is 93.1 cm³/mol. The summed E-state index contributed by atoms with van der Waals surface area (Å²) in [7, 11) is 0. The molecule has 5 nitrogen and oxygen atoms in total. The Hall–Kier alpha value is -2.04. The first-order valence-corrected chi connectivity index (χ1v) is 8.10. The molecule has 3 N–H and O–H groups in total. The maximum atomic E-state index is 12.1. The van der Waals surface area contributed by atoms with Crippen LogP contribution in [0, 0.1) is 5.41 Å². The number of nitrogens with zero attached hydrogens (tertiary/aromatic N) is 1. The molecular weight excluding hydrogens is 290 g/mol. The van der Waals surface area contributed by atoms with Gasteiger partial charge in [0.15, 0.2) is 0 Å². The summed E-state index contributed by atoms with van der Waals surface area (Å²) in [4.78, 5) is 13.9. The quantitative estimate of drug-likeness (QED) is 0.643. The number of nitrogen functional groups attached to an aromatic ring is 1. The molecule has 5 heteroatoms. The molecule has 1 saturated heterocycles. The summed E-state index contributed by atoms with van der Waals surface area (Å²) in [6.45, 7) is 8.79. The molecule has 1 aliphatic heterocycles. The van der Waals surface area contributed by atoms with Crippen LogP contribution >= 0.6 is 0 Å². The van der Waals surface area contributed by atoms with Crippen LogP contribution in [0.5, 0.6) is 0 Å². The Bertz CT molecular complexity index is 597. The maximum absolute atomic E-state index is 12.1. The van der Waals surface area contributed by atoms with E-state index in [0.717, 1.165) is 18.4 Å². The fourth-order valence-electron chi connectivity index (χ4n) is 2.87. The van der Waals surface area contributed by atoms with Crippen molar-refractivity contribution in [3.8, 4) is 0 Å². The molecule has 0 unspecified atom stereocenters. The van der Waals surface area contributed by atoms with Crippen LogP contribution in [-0.2, 0) is 4.74 Å². The summed E-state index contributed by atoms with van der Waals surface area (Å²) in [5.74, 6) is 0.396. The fraction of sp³-hybridized carbons (Fsp3) is 0.556. The molecule has 1 fully saturated rings. The first-order chi connectivity index (χ1) is 10.7. The van der Waals surface area contributed by atoms with Gasteiger partial charge in [-0.15, -0.1) is 0 Å². The number of hydrogen-bond donors (Lipinski definition) is 2. The Morgan fingerprint density at radius 3 is 2.43 bits per heavy atom. The lowest BCUT2D eigenvalue weighted by Gasteiger charge is -2.33. The van der Waals surface area contributed by atoms with Gasteiger partial charge in [0.2, 0.25) is 0 Å². The van der Waals surface area contributed by atoms with Gasteiger partial charge in [0, 0.05) is 30.1 Å². The topological polar surface area (TPSA) is 79.4 Å². The second-order valence-electron chi connectivity index (χ2n) is 7.21. The van der Waals surface area contributed by atoms with Gasteiger partial charge in [-0.1, -0.05) is 6.07 Å². The molecule has 1 heterocycles. The Morgan fingerprint density at radius 1 is 1.30 bits per heavy atom. The zero-order valence-corrected chi connectivity index (χ0v) is 14.5. The van der Waals surface area contributed by atoms with Crippen molar-refractivity contribution in [3.05, 3.63) is 29.3 Å². The Morgan fingerprint density at radius 2 is 1.91 bits per heavy atom. The highest BCUT2D eigenvalue weighted by atomic mass is 16.6. The van der Waals surface area contributed by atoms with Crippen molar-refractivity contribution >= 4 is 17.5 Å². The average molecular weight is 317 g/mol. The van der Waals surface area contributed by atoms with Gasteiger partial charge in [0.25, 0.3) is 0 Å². The van der Waals surface area contributed by atoms with Gasteiger partial charge in [-0.3, -0.25) is 0 Å². The van der Waals surface area contributed by atoms with Crippen LogP contribution in [0.2, 0.25) is 0 Å². The van der Waals surface area contributed by atoms with Crippen molar-refractivity contribution in [2.24, 2.45) is 0 Å². The van der Waals surface area contributed by atoms with Crippen molar-refractivity contribution in [1.29, 1.82) is 5.41 Å². The van der Waals surface area contributed by atoms with Gasteiger partial charge in [0.05, 0.1) is 0 Å². The van der Waals surface area contributed by atoms with E-state index in [4.69, 9.17) is 15.9 Å². The van der Waals surface area contributed by atoms with Gasteiger partial charge in [-0.2, -0.15) is 0 Å². The molecule has 0 radical (unpaired) electrons. The van der Waals surface area contributed by atoms with Crippen LogP contribution in [0.25, 0.3) is 0 Å². The molecule has 1 aromatic rings. The second-order valence-corrected chi connectivity index (χ2v) is 7.21. The van der Waals surface area contributed by atoms with Gasteiger partial charge in [-0.05, 0) is 64.2 Å². The van der Waals surface area contributed by atoms with Crippen LogP contribution in [0.3, 0.4) is 0 Å². The van der Waals surface area contributed by atoms with E-state index in [1.54, 1.807) is 11.8 Å². The molecule has 2 rings (SSSR count). The molecule has 1 aromatic carbocycles. The molecule has 0 spiro atoms. The van der Waals surface area contributed by atoms with Gasteiger partial charge < -0.3 is 20.8 Å². The van der Waals surface area contributed by atoms with E-state index in [9.17, 15) is 4.79 Å². The molecule has 0 atom stereocenters. The van der Waals surface area contributed by atoms with Crippen molar-refractivity contribution < 1.29 is 9.53 Å². The van der Waals surface area contributed by atoms with E-state index >= 15 is 0 Å². The van der Waals surface area contributed by atoms with E-state index in [1.165, 1.54) is 5.56 Å². The van der Waals surface area contributed by atoms with Gasteiger partial charge in [0.1, 0.15) is 5.60 Å². The second kappa shape index (κ2) is 6.60. The number of carbonyl (C=O) groups excluding carboxylic acids is 1. The maximum Gasteiger partial charge on any atom is 0.410 e. The first kappa shape index (κ1) is 17.3. The standard InChI is InChI=1S/C18H27N3O2/c1-12(19)15-11-14(5-6-16(15)20)13-7-9-21(10-8-13)17(22)23-18(2,3)4/h5-6,11,13,19H,7-10,20H2,1-4H3. The number of likely N-dealkylation sites (tertiary alicyclic amines) is 1. The minimum absolute atomic E-state index is 0.232. The molecule has 0 aromatic heterocycles. The van der Waals surface area contributed by atoms with Crippen LogP contribution in [0.1, 0.15) is 57.6 Å². The number of amides is 1. The molecule has 0 saturated carbocycles. The largest absolute Gasteiger partial charge is 0.444 e. The predicted octanol–water partition coefficient (Wildman–Crippen LogP) is 3.77. The molecule has 23 heavy (non-hydrogen) atoms. The number of nitrogens with two attached hydrogens (primary N) is 1. The van der Waals surface area contributed by atoms with Crippen LogP contribution in [0.15, 0.2) is 18.2 Å². The summed E-state index contributed by atoms with van der Waals surface area (Å²) in [5.41, 5.74) is 8.60. The SMILES string of the molecule is CC(=N)c1cc(C2CCN(C(=O)OC(C)(C)C)CC2)ccc1N. The van der Waals surface area contributed by atoms with E-state index in [0.29, 0.717) is 30.4 Å². The highest BCUT2D eigenvalue weighted by Crippen LogP contribution is 2.30. The molecule has 0 bridgehead atoms. The summed E-state index contributed by atoms with van der Waals surface area (Å²) in [6.07, 6.45) is 1.57. The summed E-state index contributed by atoms with van der Waals surface area (Å²) in [5, 5.41) is 7.81. The zero-order valence-electron chi connectivity index (χ0n) is 14.5. The monoisotopic (exact) mass is 317 g/mol. The molecular formula is C18H27N3O2. The van der Waals surface area contributed by atoms with Crippen molar-refractivity contribution in [2.45, 2.75) is 52.1 Å². The van der Waals surface area contributed by atoms with Crippen LogP contribution in [-0.4, -0.2) is 35.4 Å². The van der Waals surface area contributed by atoms with Crippen molar-refractivity contribution in [2.75, 3.05) is 18.8 Å². The fourth-order valence-corrected chi connectivity index (χ4v) is 2.87. The highest BCUT2D eigenvalue weighted by molar-refractivity contribution is 6.01. The molecule has 1 aliphatic rings. The third-order valence-corrected chi connectivity index (χ3v) is 4.10. The van der Waals surface area contributed by atoms with Crippen LogP contribution in [0.4, 0.5) is 10.5 Å². The third-order valence-electron chi connectivity index (χ3n) is 4.10. The van der Waals surface area contributed by atoms with E-state index in [1.807, 2.05) is 39.0 Å². The lowest BCUT2D eigenvalue weighted by Crippen LogP contribution is -2.41. The average Bonchev–Trinajstić information content (AvgIpc) is 2.46. The number of benzene rings is 1. The minimum atomic E-state index is -0.457. The minimum Gasteiger partial charge on any atom is -0.444 e. The first-order valence-electron chi connectivity index (χ1n) is 8.10. The number of piperidine rings is 1. The summed E-state index contributed by atoms with van der Waals surface area (Å²) < 4.78 is 5.43. The van der Waals surface area contributed by atoms with Gasteiger partial charge >= 0.3 is 6.09 Å². The third kappa shape index (κ3) is 4.47.